The van der Waals surface area contributed by atoms with Gasteiger partial charge in [0.1, 0.15) is 5.82 Å². The molecule has 0 radical (unpaired) electrons. The summed E-state index contributed by atoms with van der Waals surface area (Å²) < 4.78 is 13.6. The number of aliphatic hydroxyl groups is 1. The molecule has 1 unspecified atom stereocenters. The van der Waals surface area contributed by atoms with Crippen LogP contribution in [-0.4, -0.2) is 30.2 Å². The van der Waals surface area contributed by atoms with Crippen LogP contribution in [0, 0.1) is 5.82 Å². The van der Waals surface area contributed by atoms with E-state index in [1.54, 1.807) is 13.0 Å². The molecule has 1 rings (SSSR count). The van der Waals surface area contributed by atoms with Gasteiger partial charge in [0, 0.05) is 12.1 Å². The maximum absolute atomic E-state index is 13.6. The van der Waals surface area contributed by atoms with Crippen molar-refractivity contribution < 1.29 is 9.50 Å². The normalized spacial score (nSPS) is 13.2. The molecule has 0 saturated heterocycles. The molecular weight excluding hydrogens is 193 g/mol. The van der Waals surface area contributed by atoms with Gasteiger partial charge in [0.15, 0.2) is 0 Å². The van der Waals surface area contributed by atoms with Crippen molar-refractivity contribution in [3.63, 3.8) is 0 Å². The fourth-order valence-corrected chi connectivity index (χ4v) is 1.53. The second-order valence-corrected chi connectivity index (χ2v) is 4.22. The van der Waals surface area contributed by atoms with Gasteiger partial charge in [0.05, 0.1) is 6.10 Å². The van der Waals surface area contributed by atoms with E-state index in [9.17, 15) is 9.50 Å². The first-order valence-electron chi connectivity index (χ1n) is 5.09. The van der Waals surface area contributed by atoms with Crippen LogP contribution in [0.5, 0.6) is 0 Å². The molecule has 3 heteroatoms. The highest BCUT2D eigenvalue weighted by atomic mass is 19.1. The zero-order chi connectivity index (χ0) is 11.4. The number of halogens is 1. The first kappa shape index (κ1) is 12.1. The van der Waals surface area contributed by atoms with E-state index >= 15 is 0 Å². The molecule has 0 aromatic heterocycles. The average molecular weight is 211 g/mol. The number of rotatable bonds is 4. The van der Waals surface area contributed by atoms with Gasteiger partial charge in [0.25, 0.3) is 0 Å². The number of aliphatic hydroxyl groups excluding tert-OH is 1. The molecule has 1 aromatic rings. The zero-order valence-corrected chi connectivity index (χ0v) is 9.50. The van der Waals surface area contributed by atoms with E-state index in [1.165, 1.54) is 6.07 Å². The fourth-order valence-electron chi connectivity index (χ4n) is 1.53. The second kappa shape index (κ2) is 5.24. The number of benzene rings is 1. The highest BCUT2D eigenvalue weighted by Gasteiger charge is 2.06. The smallest absolute Gasteiger partial charge is 0.127 e. The topological polar surface area (TPSA) is 23.5 Å². The molecule has 0 spiro atoms. The third-order valence-corrected chi connectivity index (χ3v) is 2.14. The third-order valence-electron chi connectivity index (χ3n) is 2.14. The van der Waals surface area contributed by atoms with Crippen LogP contribution < -0.4 is 0 Å². The Morgan fingerprint density at radius 3 is 2.53 bits per heavy atom. The molecule has 0 aliphatic rings. The molecule has 0 aliphatic heterocycles. The summed E-state index contributed by atoms with van der Waals surface area (Å²) in [7, 11) is 3.81. The van der Waals surface area contributed by atoms with Crippen LogP contribution in [0.4, 0.5) is 4.39 Å². The molecule has 1 N–H and O–H groups in total. The number of hydrogen-bond acceptors (Lipinski definition) is 2. The van der Waals surface area contributed by atoms with Gasteiger partial charge >= 0.3 is 0 Å². The van der Waals surface area contributed by atoms with Crippen LogP contribution in [-0.2, 0) is 13.0 Å². The van der Waals surface area contributed by atoms with Gasteiger partial charge in [-0.1, -0.05) is 12.1 Å². The van der Waals surface area contributed by atoms with Crippen LogP contribution in [0.25, 0.3) is 0 Å². The molecule has 84 valence electrons. The van der Waals surface area contributed by atoms with Gasteiger partial charge in [-0.2, -0.15) is 0 Å². The van der Waals surface area contributed by atoms with E-state index in [2.05, 4.69) is 0 Å². The largest absolute Gasteiger partial charge is 0.393 e. The lowest BCUT2D eigenvalue weighted by molar-refractivity contribution is 0.195. The standard InChI is InChI=1S/C12H18FNO/c1-9(15)6-10-4-5-11(8-14(2)3)12(13)7-10/h4-5,7,9,15H,6,8H2,1-3H3. The average Bonchev–Trinajstić information content (AvgIpc) is 2.08. The minimum absolute atomic E-state index is 0.193. The second-order valence-electron chi connectivity index (χ2n) is 4.22. The minimum atomic E-state index is -0.427. The minimum Gasteiger partial charge on any atom is -0.393 e. The molecule has 0 amide bonds. The SMILES string of the molecule is CC(O)Cc1ccc(CN(C)C)c(F)c1. The molecule has 0 fully saturated rings. The van der Waals surface area contributed by atoms with E-state index in [0.29, 0.717) is 18.5 Å². The monoisotopic (exact) mass is 211 g/mol. The van der Waals surface area contributed by atoms with Gasteiger partial charge in [-0.3, -0.25) is 0 Å². The van der Waals surface area contributed by atoms with Crippen molar-refractivity contribution in [2.45, 2.75) is 26.0 Å². The van der Waals surface area contributed by atoms with Crippen molar-refractivity contribution in [2.75, 3.05) is 14.1 Å². The van der Waals surface area contributed by atoms with Crippen LogP contribution in [0.1, 0.15) is 18.1 Å². The molecule has 0 aliphatic carbocycles. The van der Waals surface area contributed by atoms with E-state index in [0.717, 1.165) is 5.56 Å². The number of nitrogens with zero attached hydrogens (tertiary/aromatic N) is 1. The van der Waals surface area contributed by atoms with E-state index in [1.807, 2.05) is 25.1 Å². The zero-order valence-electron chi connectivity index (χ0n) is 9.50. The lowest BCUT2D eigenvalue weighted by Gasteiger charge is -2.12. The van der Waals surface area contributed by atoms with Crippen LogP contribution >= 0.6 is 0 Å². The van der Waals surface area contributed by atoms with Crippen molar-refractivity contribution in [1.29, 1.82) is 0 Å². The Balaban J connectivity index is 2.78. The predicted octanol–water partition coefficient (Wildman–Crippen LogP) is 1.81. The molecule has 0 saturated carbocycles. The first-order chi connectivity index (χ1) is 6.99. The molecular formula is C12H18FNO. The third kappa shape index (κ3) is 3.98. The number of hydrogen-bond donors (Lipinski definition) is 1. The van der Waals surface area contributed by atoms with Gasteiger partial charge in [0.2, 0.25) is 0 Å². The summed E-state index contributed by atoms with van der Waals surface area (Å²) in [5.41, 5.74) is 1.53. The molecule has 2 nitrogen and oxygen atoms in total. The van der Waals surface area contributed by atoms with Crippen molar-refractivity contribution >= 4 is 0 Å². The molecule has 1 atom stereocenters. The quantitative estimate of drug-likeness (QED) is 0.821. The summed E-state index contributed by atoms with van der Waals surface area (Å²) in [6.07, 6.45) is 0.0724. The highest BCUT2D eigenvalue weighted by molar-refractivity contribution is 5.24. The predicted molar refractivity (Wildman–Crippen MR) is 59.2 cm³/mol. The highest BCUT2D eigenvalue weighted by Crippen LogP contribution is 2.13. The summed E-state index contributed by atoms with van der Waals surface area (Å²) in [5, 5.41) is 9.18. The van der Waals surface area contributed by atoms with Crippen molar-refractivity contribution in [2.24, 2.45) is 0 Å². The Morgan fingerprint density at radius 2 is 2.07 bits per heavy atom. The lowest BCUT2D eigenvalue weighted by Crippen LogP contribution is -2.12. The Hall–Kier alpha value is -0.930. The molecule has 1 aromatic carbocycles. The Morgan fingerprint density at radius 1 is 1.40 bits per heavy atom. The van der Waals surface area contributed by atoms with Gasteiger partial charge < -0.3 is 10.0 Å². The Kier molecular flexibility index (Phi) is 4.24. The van der Waals surface area contributed by atoms with Crippen molar-refractivity contribution in [3.8, 4) is 0 Å². The van der Waals surface area contributed by atoms with Crippen LogP contribution in [0.2, 0.25) is 0 Å². The first-order valence-corrected chi connectivity index (χ1v) is 5.09. The molecule has 15 heavy (non-hydrogen) atoms. The summed E-state index contributed by atoms with van der Waals surface area (Å²) in [5.74, 6) is -0.193. The Labute approximate surface area is 90.3 Å². The van der Waals surface area contributed by atoms with E-state index in [-0.39, 0.29) is 5.82 Å². The molecule has 0 bridgehead atoms. The summed E-state index contributed by atoms with van der Waals surface area (Å²) in [6, 6.07) is 5.16. The van der Waals surface area contributed by atoms with Gasteiger partial charge in [-0.05, 0) is 39.1 Å². The van der Waals surface area contributed by atoms with Crippen molar-refractivity contribution in [1.82, 2.24) is 4.90 Å². The lowest BCUT2D eigenvalue weighted by atomic mass is 10.1. The summed E-state index contributed by atoms with van der Waals surface area (Å²) in [4.78, 5) is 1.92. The summed E-state index contributed by atoms with van der Waals surface area (Å²) in [6.45, 7) is 2.30. The van der Waals surface area contributed by atoms with Gasteiger partial charge in [-0.25, -0.2) is 4.39 Å². The van der Waals surface area contributed by atoms with Gasteiger partial charge in [-0.15, -0.1) is 0 Å². The van der Waals surface area contributed by atoms with E-state index in [4.69, 9.17) is 0 Å². The Bertz CT molecular complexity index is 323. The maximum atomic E-state index is 13.6. The summed E-state index contributed by atoms with van der Waals surface area (Å²) >= 11 is 0. The van der Waals surface area contributed by atoms with Crippen molar-refractivity contribution in [3.05, 3.63) is 35.1 Å². The molecule has 0 heterocycles. The maximum Gasteiger partial charge on any atom is 0.127 e. The van der Waals surface area contributed by atoms with E-state index < -0.39 is 6.10 Å². The fraction of sp³-hybridized carbons (Fsp3) is 0.500. The van der Waals surface area contributed by atoms with Crippen LogP contribution in [0.15, 0.2) is 18.2 Å². The van der Waals surface area contributed by atoms with Crippen LogP contribution in [0.3, 0.4) is 0 Å².